The molecule has 24 heavy (non-hydrogen) atoms. The topological polar surface area (TPSA) is 138 Å². The van der Waals surface area contributed by atoms with Crippen molar-refractivity contribution in [1.82, 2.24) is 9.55 Å². The number of carbonyl (C=O) groups excluding carboxylic acids is 1. The molecule has 132 valence electrons. The number of nitrogens with zero attached hydrogens (tertiary/aromatic N) is 3. The fourth-order valence-electron chi connectivity index (χ4n) is 1.98. The van der Waals surface area contributed by atoms with Gasteiger partial charge in [-0.3, -0.25) is 9.36 Å². The van der Waals surface area contributed by atoms with Crippen LogP contribution < -0.4 is 11.5 Å². The van der Waals surface area contributed by atoms with Crippen molar-refractivity contribution in [1.29, 1.82) is 0 Å². The lowest BCUT2D eigenvalue weighted by molar-refractivity contribution is -0.148. The smallest absolute Gasteiger partial charge is 0.323 e. The number of ether oxygens (including phenoxy) is 2. The number of aliphatic imine (C=N–C) groups is 1. The number of rotatable bonds is 7. The van der Waals surface area contributed by atoms with Crippen molar-refractivity contribution in [2.45, 2.75) is 33.0 Å². The second-order valence-electron chi connectivity index (χ2n) is 5.76. The van der Waals surface area contributed by atoms with E-state index in [4.69, 9.17) is 20.9 Å². The van der Waals surface area contributed by atoms with Gasteiger partial charge >= 0.3 is 5.97 Å². The number of esters is 1. The molecule has 9 heteroatoms. The molecule has 0 saturated carbocycles. The van der Waals surface area contributed by atoms with Crippen LogP contribution in [-0.2, 0) is 21.0 Å². The maximum Gasteiger partial charge on any atom is 0.323 e. The van der Waals surface area contributed by atoms with Crippen LogP contribution in [0.15, 0.2) is 17.4 Å². The first-order valence-corrected chi connectivity index (χ1v) is 7.67. The predicted molar refractivity (Wildman–Crippen MR) is 88.5 cm³/mol. The first-order valence-electron chi connectivity index (χ1n) is 7.67. The van der Waals surface area contributed by atoms with Crippen LogP contribution >= 0.6 is 0 Å². The molecule has 0 bridgehead atoms. The highest BCUT2D eigenvalue weighted by Gasteiger charge is 2.19. The van der Waals surface area contributed by atoms with Gasteiger partial charge in [-0.15, -0.1) is 0 Å². The lowest BCUT2D eigenvalue weighted by Gasteiger charge is -2.14. The minimum atomic E-state index is -0.638. The van der Waals surface area contributed by atoms with E-state index in [0.29, 0.717) is 23.8 Å². The maximum atomic E-state index is 11.6. The Bertz CT molecular complexity index is 650. The molecule has 0 saturated heterocycles. The van der Waals surface area contributed by atoms with Crippen molar-refractivity contribution < 1.29 is 19.4 Å². The molecule has 0 fully saturated rings. The lowest BCUT2D eigenvalue weighted by atomic mass is 10.1. The summed E-state index contributed by atoms with van der Waals surface area (Å²) < 4.78 is 12.1. The van der Waals surface area contributed by atoms with Crippen molar-refractivity contribution in [2.24, 2.45) is 22.4 Å². The summed E-state index contributed by atoms with van der Waals surface area (Å²) in [5.41, 5.74) is 11.8. The van der Waals surface area contributed by atoms with Crippen molar-refractivity contribution in [3.05, 3.63) is 18.1 Å². The molecular formula is C15H23N5O4. The molecule has 1 aromatic heterocycles. The summed E-state index contributed by atoms with van der Waals surface area (Å²) in [7, 11) is 0. The first kappa shape index (κ1) is 18.0. The highest BCUT2D eigenvalue weighted by molar-refractivity contribution is 5.88. The van der Waals surface area contributed by atoms with Gasteiger partial charge in [-0.25, -0.2) is 9.98 Å². The minimum Gasteiger partial charge on any atom is -0.506 e. The average molecular weight is 337 g/mol. The highest BCUT2D eigenvalue weighted by Crippen LogP contribution is 2.26. The van der Waals surface area contributed by atoms with E-state index in [9.17, 15) is 9.90 Å². The van der Waals surface area contributed by atoms with E-state index in [-0.39, 0.29) is 31.6 Å². The Kier molecular flexibility index (Phi) is 5.93. The van der Waals surface area contributed by atoms with Crippen LogP contribution in [0.1, 0.15) is 26.0 Å². The Labute approximate surface area is 140 Å². The van der Waals surface area contributed by atoms with Gasteiger partial charge in [0.25, 0.3) is 0 Å². The molecule has 1 aliphatic heterocycles. The molecule has 0 aliphatic carbocycles. The van der Waals surface area contributed by atoms with Crippen LogP contribution in [0.4, 0.5) is 5.82 Å². The Morgan fingerprint density at radius 2 is 2.21 bits per heavy atom. The van der Waals surface area contributed by atoms with Crippen LogP contribution in [0.2, 0.25) is 0 Å². The van der Waals surface area contributed by atoms with E-state index >= 15 is 0 Å². The monoisotopic (exact) mass is 337 g/mol. The van der Waals surface area contributed by atoms with E-state index in [1.165, 1.54) is 6.33 Å². The number of aromatic nitrogens is 2. The Morgan fingerprint density at radius 1 is 1.46 bits per heavy atom. The fourth-order valence-corrected chi connectivity index (χ4v) is 1.98. The highest BCUT2D eigenvalue weighted by atomic mass is 16.6. The third-order valence-electron chi connectivity index (χ3n) is 3.50. The summed E-state index contributed by atoms with van der Waals surface area (Å²) >= 11 is 0. The van der Waals surface area contributed by atoms with Gasteiger partial charge in [-0.2, -0.15) is 0 Å². The van der Waals surface area contributed by atoms with E-state index in [2.05, 4.69) is 9.98 Å². The van der Waals surface area contributed by atoms with Gasteiger partial charge in [0.1, 0.15) is 36.7 Å². The van der Waals surface area contributed by atoms with Crippen LogP contribution in [0.3, 0.4) is 0 Å². The first-order chi connectivity index (χ1) is 11.4. The number of hydrogen-bond donors (Lipinski definition) is 3. The molecule has 1 unspecified atom stereocenters. The van der Waals surface area contributed by atoms with E-state index in [1.54, 1.807) is 10.6 Å². The van der Waals surface area contributed by atoms with E-state index in [0.717, 1.165) is 0 Å². The molecule has 9 nitrogen and oxygen atoms in total. The molecular weight excluding hydrogens is 314 g/mol. The number of aliphatic hydroxyl groups excluding tert-OH is 1. The molecule has 5 N–H and O–H groups in total. The maximum absolute atomic E-state index is 11.6. The van der Waals surface area contributed by atoms with Gasteiger partial charge in [-0.1, -0.05) is 13.8 Å². The molecule has 0 spiro atoms. The zero-order valence-electron chi connectivity index (χ0n) is 13.8. The van der Waals surface area contributed by atoms with Crippen LogP contribution in [0.25, 0.3) is 5.76 Å². The normalized spacial score (nSPS) is 15.3. The standard InChI is InChI=1S/C15H23N5O4/c1-9(2)12(17)15(22)24-6-5-23-8-20-7-18-13-10(21)3-4-11(16)19-14(13)20/h3,7,9,12,21H,4-6,8,17H2,1-2H3,(H2,16,19). The van der Waals surface area contributed by atoms with Gasteiger partial charge in [0.2, 0.25) is 0 Å². The summed E-state index contributed by atoms with van der Waals surface area (Å²) in [5, 5.41) is 9.89. The summed E-state index contributed by atoms with van der Waals surface area (Å²) in [6.07, 6.45) is 3.41. The number of fused-ring (bicyclic) bond motifs is 1. The van der Waals surface area contributed by atoms with Crippen molar-refractivity contribution in [3.8, 4) is 0 Å². The molecule has 1 aromatic rings. The van der Waals surface area contributed by atoms with Crippen LogP contribution in [0, 0.1) is 5.92 Å². The Balaban J connectivity index is 1.83. The fraction of sp³-hybridized carbons (Fsp3) is 0.533. The van der Waals surface area contributed by atoms with Gasteiger partial charge < -0.3 is 26.0 Å². The molecule has 1 atom stereocenters. The summed E-state index contributed by atoms with van der Waals surface area (Å²) in [4.78, 5) is 19.9. The predicted octanol–water partition coefficient (Wildman–Crippen LogP) is 0.675. The summed E-state index contributed by atoms with van der Waals surface area (Å²) in [5.74, 6) is 0.405. The molecule has 2 heterocycles. The lowest BCUT2D eigenvalue weighted by Crippen LogP contribution is -2.37. The van der Waals surface area contributed by atoms with Crippen molar-refractivity contribution >= 4 is 23.4 Å². The molecule has 2 rings (SSSR count). The summed E-state index contributed by atoms with van der Waals surface area (Å²) in [6.45, 7) is 4.14. The second-order valence-corrected chi connectivity index (χ2v) is 5.76. The molecule has 0 amide bonds. The van der Waals surface area contributed by atoms with Crippen molar-refractivity contribution in [3.63, 3.8) is 0 Å². The number of aliphatic hydroxyl groups is 1. The number of imidazole rings is 1. The van der Waals surface area contributed by atoms with Crippen LogP contribution in [-0.4, -0.2) is 45.7 Å². The number of nitrogens with two attached hydrogens (primary N) is 2. The zero-order valence-corrected chi connectivity index (χ0v) is 13.8. The number of carbonyl (C=O) groups is 1. The van der Waals surface area contributed by atoms with Crippen LogP contribution in [0.5, 0.6) is 0 Å². The largest absolute Gasteiger partial charge is 0.506 e. The summed E-state index contributed by atoms with van der Waals surface area (Å²) in [6, 6.07) is -0.638. The minimum absolute atomic E-state index is 0.0175. The third-order valence-corrected chi connectivity index (χ3v) is 3.50. The quantitative estimate of drug-likeness (QED) is 0.491. The number of hydrogen-bond acceptors (Lipinski definition) is 8. The molecule has 1 aliphatic rings. The number of amidine groups is 1. The molecule has 0 aromatic carbocycles. The zero-order chi connectivity index (χ0) is 17.7. The average Bonchev–Trinajstić information content (AvgIpc) is 2.87. The second kappa shape index (κ2) is 7.93. The SMILES string of the molecule is CC(C)C(N)C(=O)OCCOCn1cnc2c1N=C(N)CC=C2O. The molecule has 0 radical (unpaired) electrons. The van der Waals surface area contributed by atoms with Gasteiger partial charge in [0.15, 0.2) is 5.82 Å². The van der Waals surface area contributed by atoms with E-state index < -0.39 is 12.0 Å². The van der Waals surface area contributed by atoms with Crippen molar-refractivity contribution in [2.75, 3.05) is 13.2 Å². The Morgan fingerprint density at radius 3 is 2.92 bits per heavy atom. The Hall–Kier alpha value is -2.39. The van der Waals surface area contributed by atoms with Gasteiger partial charge in [0, 0.05) is 6.42 Å². The third kappa shape index (κ3) is 4.33. The van der Waals surface area contributed by atoms with E-state index in [1.807, 2.05) is 13.8 Å². The van der Waals surface area contributed by atoms with Gasteiger partial charge in [0.05, 0.1) is 12.9 Å². The van der Waals surface area contributed by atoms with Gasteiger partial charge in [-0.05, 0) is 12.0 Å².